The molecule has 1 N–H and O–H groups in total. The van der Waals surface area contributed by atoms with E-state index in [9.17, 15) is 22.8 Å². The van der Waals surface area contributed by atoms with Crippen molar-refractivity contribution < 1.29 is 27.5 Å². The highest BCUT2D eigenvalue weighted by molar-refractivity contribution is 5.87. The molecule has 0 heterocycles. The van der Waals surface area contributed by atoms with Crippen molar-refractivity contribution in [2.24, 2.45) is 5.92 Å². The van der Waals surface area contributed by atoms with Crippen LogP contribution in [0.4, 0.5) is 13.2 Å². The van der Waals surface area contributed by atoms with Gasteiger partial charge in [-0.25, -0.2) is 4.79 Å². The van der Waals surface area contributed by atoms with Gasteiger partial charge in [0.1, 0.15) is 11.6 Å². The lowest BCUT2D eigenvalue weighted by molar-refractivity contribution is -0.177. The van der Waals surface area contributed by atoms with E-state index in [1.807, 2.05) is 13.8 Å². The van der Waals surface area contributed by atoms with Crippen LogP contribution in [0.25, 0.3) is 0 Å². The van der Waals surface area contributed by atoms with Gasteiger partial charge in [0, 0.05) is 0 Å². The Balaban J connectivity index is 4.87. The molecular formula is C15H24F3NO3. The Morgan fingerprint density at radius 1 is 1.09 bits per heavy atom. The zero-order valence-corrected chi connectivity index (χ0v) is 13.6. The van der Waals surface area contributed by atoms with Crippen LogP contribution in [0.5, 0.6) is 0 Å². The van der Waals surface area contributed by atoms with Gasteiger partial charge < -0.3 is 10.1 Å². The molecule has 1 atom stereocenters. The molecule has 0 unspecified atom stereocenters. The van der Waals surface area contributed by atoms with Crippen molar-refractivity contribution in [1.82, 2.24) is 5.32 Å². The Morgan fingerprint density at radius 3 is 2.00 bits per heavy atom. The summed E-state index contributed by atoms with van der Waals surface area (Å²) in [5, 5.41) is 1.68. The molecule has 0 saturated carbocycles. The van der Waals surface area contributed by atoms with Crippen LogP contribution in [0.1, 0.15) is 47.5 Å². The van der Waals surface area contributed by atoms with Gasteiger partial charge in [-0.05, 0) is 39.5 Å². The van der Waals surface area contributed by atoms with E-state index in [0.29, 0.717) is 5.92 Å². The van der Waals surface area contributed by atoms with Gasteiger partial charge in [0.2, 0.25) is 0 Å². The minimum atomic E-state index is -5.04. The zero-order chi connectivity index (χ0) is 17.6. The van der Waals surface area contributed by atoms with Crippen molar-refractivity contribution in [3.05, 3.63) is 12.2 Å². The number of hydrogen-bond acceptors (Lipinski definition) is 3. The molecule has 4 nitrogen and oxygen atoms in total. The molecule has 0 aliphatic rings. The normalized spacial score (nSPS) is 14.2. The van der Waals surface area contributed by atoms with E-state index in [2.05, 4.69) is 0 Å². The number of allylic oxidation sites excluding steroid dienone is 1. The molecule has 0 radical (unpaired) electrons. The predicted octanol–water partition coefficient (Wildman–Crippen LogP) is 3.37. The lowest BCUT2D eigenvalue weighted by Crippen LogP contribution is -2.48. The van der Waals surface area contributed by atoms with Crippen molar-refractivity contribution in [3.8, 4) is 0 Å². The molecule has 128 valence electrons. The lowest BCUT2D eigenvalue weighted by Gasteiger charge is -2.24. The van der Waals surface area contributed by atoms with Gasteiger partial charge in [0.15, 0.2) is 0 Å². The van der Waals surface area contributed by atoms with Gasteiger partial charge in [-0.1, -0.05) is 26.0 Å². The molecule has 0 fully saturated rings. The van der Waals surface area contributed by atoms with Crippen molar-refractivity contribution >= 4 is 11.9 Å². The largest absolute Gasteiger partial charge is 0.471 e. The summed E-state index contributed by atoms with van der Waals surface area (Å²) >= 11 is 0. The smallest absolute Gasteiger partial charge is 0.458 e. The van der Waals surface area contributed by atoms with Crippen LogP contribution < -0.4 is 5.32 Å². The standard InChI is InChI=1S/C15H24F3NO3/c1-10(2)8-6-7-9-11(12(20)22-14(3,4)5)19-13(21)15(16,17)18/h6-7,10-11H,8-9H2,1-5H3,(H,19,21)/b7-6+/t11-/m0/s1. The average Bonchev–Trinajstić information content (AvgIpc) is 2.28. The summed E-state index contributed by atoms with van der Waals surface area (Å²) < 4.78 is 42.0. The van der Waals surface area contributed by atoms with E-state index in [1.54, 1.807) is 38.2 Å². The van der Waals surface area contributed by atoms with E-state index in [-0.39, 0.29) is 6.42 Å². The SMILES string of the molecule is CC(C)C/C=C/C[C@H](NC(=O)C(F)(F)F)C(=O)OC(C)(C)C. The lowest BCUT2D eigenvalue weighted by atomic mass is 10.1. The van der Waals surface area contributed by atoms with Crippen LogP contribution in [0.15, 0.2) is 12.2 Å². The second kappa shape index (κ2) is 8.19. The molecule has 7 heteroatoms. The monoisotopic (exact) mass is 323 g/mol. The first-order chi connectivity index (χ1) is 9.83. The van der Waals surface area contributed by atoms with E-state index in [4.69, 9.17) is 4.74 Å². The van der Waals surface area contributed by atoms with Gasteiger partial charge >= 0.3 is 18.1 Å². The molecule has 0 saturated heterocycles. The Labute approximate surface area is 129 Å². The highest BCUT2D eigenvalue weighted by Gasteiger charge is 2.41. The number of rotatable bonds is 6. The number of esters is 1. The maximum Gasteiger partial charge on any atom is 0.471 e. The van der Waals surface area contributed by atoms with E-state index in [1.165, 1.54) is 0 Å². The number of carbonyl (C=O) groups is 2. The fourth-order valence-corrected chi connectivity index (χ4v) is 1.43. The molecule has 0 aromatic carbocycles. The van der Waals surface area contributed by atoms with Crippen molar-refractivity contribution in [2.45, 2.75) is 65.3 Å². The summed E-state index contributed by atoms with van der Waals surface area (Å²) in [6.07, 6.45) is -1.02. The quantitative estimate of drug-likeness (QED) is 0.602. The molecule has 0 aliphatic carbocycles. The van der Waals surface area contributed by atoms with Crippen LogP contribution in [-0.4, -0.2) is 29.7 Å². The third-order valence-electron chi connectivity index (χ3n) is 2.40. The number of halogens is 3. The zero-order valence-electron chi connectivity index (χ0n) is 13.6. The maximum atomic E-state index is 12.3. The van der Waals surface area contributed by atoms with Crippen molar-refractivity contribution in [3.63, 3.8) is 0 Å². The first-order valence-corrected chi connectivity index (χ1v) is 7.08. The van der Waals surface area contributed by atoms with Gasteiger partial charge in [0.05, 0.1) is 0 Å². The molecule has 0 aromatic heterocycles. The number of hydrogen-bond donors (Lipinski definition) is 1. The van der Waals surface area contributed by atoms with Gasteiger partial charge in [0.25, 0.3) is 0 Å². The molecule has 0 aromatic rings. The molecule has 0 spiro atoms. The fraction of sp³-hybridized carbons (Fsp3) is 0.733. The van der Waals surface area contributed by atoms with Crippen LogP contribution in [0, 0.1) is 5.92 Å². The van der Waals surface area contributed by atoms with Gasteiger partial charge in [-0.15, -0.1) is 0 Å². The summed E-state index contributed by atoms with van der Waals surface area (Å²) in [7, 11) is 0. The third-order valence-corrected chi connectivity index (χ3v) is 2.40. The highest BCUT2D eigenvalue weighted by atomic mass is 19.4. The van der Waals surface area contributed by atoms with Crippen LogP contribution in [0.3, 0.4) is 0 Å². The first kappa shape index (κ1) is 20.5. The Hall–Kier alpha value is -1.53. The van der Waals surface area contributed by atoms with Crippen LogP contribution in [0.2, 0.25) is 0 Å². The summed E-state index contributed by atoms with van der Waals surface area (Å²) in [6.45, 7) is 8.77. The Kier molecular flexibility index (Phi) is 7.62. The van der Waals surface area contributed by atoms with Crippen LogP contribution in [-0.2, 0) is 14.3 Å². The van der Waals surface area contributed by atoms with E-state index < -0.39 is 29.7 Å². The predicted molar refractivity (Wildman–Crippen MR) is 77.0 cm³/mol. The summed E-state index contributed by atoms with van der Waals surface area (Å²) in [4.78, 5) is 22.9. The minimum Gasteiger partial charge on any atom is -0.458 e. The highest BCUT2D eigenvalue weighted by Crippen LogP contribution is 2.16. The molecule has 1 amide bonds. The van der Waals surface area contributed by atoms with E-state index >= 15 is 0 Å². The minimum absolute atomic E-state index is 0.0521. The Morgan fingerprint density at radius 2 is 1.59 bits per heavy atom. The summed E-state index contributed by atoms with van der Waals surface area (Å²) in [5.41, 5.74) is -0.847. The van der Waals surface area contributed by atoms with E-state index in [0.717, 1.165) is 6.42 Å². The second-order valence-corrected chi connectivity index (χ2v) is 6.39. The molecule has 0 aliphatic heterocycles. The van der Waals surface area contributed by atoms with Crippen molar-refractivity contribution in [1.29, 1.82) is 0 Å². The first-order valence-electron chi connectivity index (χ1n) is 7.08. The number of ether oxygens (including phenoxy) is 1. The molecule has 0 bridgehead atoms. The van der Waals surface area contributed by atoms with Gasteiger partial charge in [-0.3, -0.25) is 4.79 Å². The molecular weight excluding hydrogens is 299 g/mol. The van der Waals surface area contributed by atoms with Crippen LogP contribution >= 0.6 is 0 Å². The molecule has 22 heavy (non-hydrogen) atoms. The number of alkyl halides is 3. The number of nitrogens with one attached hydrogen (secondary N) is 1. The number of carbonyl (C=O) groups excluding carboxylic acids is 2. The average molecular weight is 323 g/mol. The topological polar surface area (TPSA) is 55.4 Å². The summed E-state index contributed by atoms with van der Waals surface area (Å²) in [5.74, 6) is -2.65. The third kappa shape index (κ3) is 9.41. The number of amides is 1. The Bertz CT molecular complexity index is 409. The van der Waals surface area contributed by atoms with Gasteiger partial charge in [-0.2, -0.15) is 13.2 Å². The second-order valence-electron chi connectivity index (χ2n) is 6.39. The fourth-order valence-electron chi connectivity index (χ4n) is 1.43. The molecule has 0 rings (SSSR count). The van der Waals surface area contributed by atoms with Crippen molar-refractivity contribution in [2.75, 3.05) is 0 Å². The maximum absolute atomic E-state index is 12.3. The summed E-state index contributed by atoms with van der Waals surface area (Å²) in [6, 6.07) is -1.36.